The van der Waals surface area contributed by atoms with Crippen LogP contribution in [0.2, 0.25) is 0 Å². The lowest BCUT2D eigenvalue weighted by molar-refractivity contribution is -0.137. The molecule has 0 bridgehead atoms. The number of alkyl halides is 3. The van der Waals surface area contributed by atoms with Gasteiger partial charge in [0.2, 0.25) is 0 Å². The van der Waals surface area contributed by atoms with Crippen molar-refractivity contribution in [2.45, 2.75) is 6.18 Å². The highest BCUT2D eigenvalue weighted by Crippen LogP contribution is 2.32. The number of carbonyl (C=O) groups excluding carboxylic acids is 1. The molecule has 1 heterocycles. The lowest BCUT2D eigenvalue weighted by atomic mass is 10.1. The summed E-state index contributed by atoms with van der Waals surface area (Å²) in [6.45, 7) is 1.76. The Kier molecular flexibility index (Phi) is 5.53. The summed E-state index contributed by atoms with van der Waals surface area (Å²) >= 11 is 0. The van der Waals surface area contributed by atoms with Crippen LogP contribution >= 0.6 is 0 Å². The Morgan fingerprint density at radius 2 is 1.60 bits per heavy atom. The molecule has 156 valence electrons. The minimum absolute atomic E-state index is 0.0676. The number of benzene rings is 3. The molecule has 4 rings (SSSR count). The van der Waals surface area contributed by atoms with Gasteiger partial charge in [-0.3, -0.25) is 4.79 Å². The number of hydrogen-bond acceptors (Lipinski definition) is 3. The molecule has 1 fully saturated rings. The summed E-state index contributed by atoms with van der Waals surface area (Å²) in [6.07, 6.45) is -4.37. The van der Waals surface area contributed by atoms with Gasteiger partial charge in [0.05, 0.1) is 5.56 Å². The van der Waals surface area contributed by atoms with E-state index in [0.29, 0.717) is 37.6 Å². The van der Waals surface area contributed by atoms with Gasteiger partial charge in [-0.15, -0.1) is 0 Å². The van der Waals surface area contributed by atoms with E-state index in [0.717, 1.165) is 22.9 Å². The average Bonchev–Trinajstić information content (AvgIpc) is 2.77. The zero-order valence-corrected chi connectivity index (χ0v) is 16.2. The maximum Gasteiger partial charge on any atom is 0.416 e. The molecule has 3 aromatic carbocycles. The van der Waals surface area contributed by atoms with E-state index in [4.69, 9.17) is 4.74 Å². The van der Waals surface area contributed by atoms with Gasteiger partial charge in [-0.05, 0) is 41.1 Å². The first kappa shape index (κ1) is 20.1. The third-order valence-corrected chi connectivity index (χ3v) is 5.25. The monoisotopic (exact) mass is 414 g/mol. The number of hydrogen-bond donors (Lipinski definition) is 0. The summed E-state index contributed by atoms with van der Waals surface area (Å²) in [5.74, 6) is 0.497. The normalized spacial score (nSPS) is 14.8. The lowest BCUT2D eigenvalue weighted by Crippen LogP contribution is -2.50. The summed E-state index contributed by atoms with van der Waals surface area (Å²) in [4.78, 5) is 16.0. The summed E-state index contributed by atoms with van der Waals surface area (Å²) in [6, 6.07) is 18.9. The van der Waals surface area contributed by atoms with Crippen LogP contribution in [0.3, 0.4) is 0 Å². The molecule has 1 saturated heterocycles. The van der Waals surface area contributed by atoms with Crippen molar-refractivity contribution < 1.29 is 22.7 Å². The molecule has 1 aliphatic heterocycles. The summed E-state index contributed by atoms with van der Waals surface area (Å²) < 4.78 is 44.4. The summed E-state index contributed by atoms with van der Waals surface area (Å²) in [5.41, 5.74) is -0.147. The van der Waals surface area contributed by atoms with Crippen molar-refractivity contribution >= 4 is 22.4 Å². The van der Waals surface area contributed by atoms with Crippen LogP contribution in [0.15, 0.2) is 66.7 Å². The fraction of sp³-hybridized carbons (Fsp3) is 0.261. The third-order valence-electron chi connectivity index (χ3n) is 5.25. The Labute approximate surface area is 172 Å². The second-order valence-electron chi connectivity index (χ2n) is 7.21. The number of ether oxygens (including phenoxy) is 1. The highest BCUT2D eigenvalue weighted by atomic mass is 19.4. The standard InChI is InChI=1S/C23H21F3N2O2/c24-23(25,26)19-6-3-7-20(15-19)27-10-12-28(13-11-27)22(29)16-30-21-9-8-17-4-1-2-5-18(17)14-21/h1-9,14-15H,10-13,16H2. The number of piperazine rings is 1. The molecule has 0 spiro atoms. The first-order valence-corrected chi connectivity index (χ1v) is 9.72. The van der Waals surface area contributed by atoms with Gasteiger partial charge in [-0.2, -0.15) is 13.2 Å². The Bertz CT molecular complexity index is 1040. The second-order valence-corrected chi connectivity index (χ2v) is 7.21. The number of nitrogens with zero attached hydrogens (tertiary/aromatic N) is 2. The van der Waals surface area contributed by atoms with E-state index in [1.807, 2.05) is 47.4 Å². The van der Waals surface area contributed by atoms with Crippen molar-refractivity contribution in [1.29, 1.82) is 0 Å². The molecule has 1 amide bonds. The van der Waals surface area contributed by atoms with Crippen LogP contribution < -0.4 is 9.64 Å². The van der Waals surface area contributed by atoms with Gasteiger partial charge in [-0.1, -0.05) is 36.4 Å². The van der Waals surface area contributed by atoms with E-state index in [2.05, 4.69) is 0 Å². The topological polar surface area (TPSA) is 32.8 Å². The number of fused-ring (bicyclic) bond motifs is 1. The highest BCUT2D eigenvalue weighted by Gasteiger charge is 2.31. The molecule has 0 radical (unpaired) electrons. The molecule has 0 N–H and O–H groups in total. The van der Waals surface area contributed by atoms with Crippen molar-refractivity contribution in [3.05, 3.63) is 72.3 Å². The minimum atomic E-state index is -4.37. The van der Waals surface area contributed by atoms with Gasteiger partial charge < -0.3 is 14.5 Å². The number of anilines is 1. The van der Waals surface area contributed by atoms with Gasteiger partial charge in [0.1, 0.15) is 5.75 Å². The van der Waals surface area contributed by atoms with Crippen molar-refractivity contribution in [3.8, 4) is 5.75 Å². The minimum Gasteiger partial charge on any atom is -0.484 e. The molecule has 3 aromatic rings. The molecule has 4 nitrogen and oxygen atoms in total. The predicted octanol–water partition coefficient (Wildman–Crippen LogP) is 4.59. The fourth-order valence-corrected chi connectivity index (χ4v) is 3.59. The van der Waals surface area contributed by atoms with Gasteiger partial charge in [0.25, 0.3) is 5.91 Å². The van der Waals surface area contributed by atoms with E-state index in [1.54, 1.807) is 11.0 Å². The maximum absolute atomic E-state index is 12.9. The van der Waals surface area contributed by atoms with Crippen molar-refractivity contribution in [3.63, 3.8) is 0 Å². The Morgan fingerprint density at radius 1 is 0.867 bits per heavy atom. The van der Waals surface area contributed by atoms with Crippen molar-refractivity contribution in [2.24, 2.45) is 0 Å². The first-order chi connectivity index (χ1) is 14.4. The number of carbonyl (C=O) groups is 1. The number of rotatable bonds is 4. The third kappa shape index (κ3) is 4.50. The van der Waals surface area contributed by atoms with Gasteiger partial charge in [0, 0.05) is 31.9 Å². The van der Waals surface area contributed by atoms with Gasteiger partial charge in [-0.25, -0.2) is 0 Å². The molecule has 0 atom stereocenters. The first-order valence-electron chi connectivity index (χ1n) is 9.72. The fourth-order valence-electron chi connectivity index (χ4n) is 3.59. The van der Waals surface area contributed by atoms with Gasteiger partial charge in [0.15, 0.2) is 6.61 Å². The summed E-state index contributed by atoms with van der Waals surface area (Å²) in [5, 5.41) is 2.14. The molecular weight excluding hydrogens is 393 g/mol. The highest BCUT2D eigenvalue weighted by molar-refractivity contribution is 5.84. The van der Waals surface area contributed by atoms with Crippen LogP contribution in [-0.4, -0.2) is 43.6 Å². The van der Waals surface area contributed by atoms with Crippen LogP contribution in [-0.2, 0) is 11.0 Å². The molecule has 0 unspecified atom stereocenters. The number of amides is 1. The van der Waals surface area contributed by atoms with Crippen LogP contribution in [0.1, 0.15) is 5.56 Å². The van der Waals surface area contributed by atoms with Crippen molar-refractivity contribution in [1.82, 2.24) is 4.90 Å². The quantitative estimate of drug-likeness (QED) is 0.626. The van der Waals surface area contributed by atoms with Gasteiger partial charge >= 0.3 is 6.18 Å². The SMILES string of the molecule is O=C(COc1ccc2ccccc2c1)N1CCN(c2cccc(C(F)(F)F)c2)CC1. The van der Waals surface area contributed by atoms with Crippen LogP contribution in [0.4, 0.5) is 18.9 Å². The molecule has 0 aliphatic carbocycles. The Morgan fingerprint density at radius 3 is 2.33 bits per heavy atom. The molecule has 0 saturated carbocycles. The van der Waals surface area contributed by atoms with E-state index in [9.17, 15) is 18.0 Å². The molecular formula is C23H21F3N2O2. The second kappa shape index (κ2) is 8.26. The smallest absolute Gasteiger partial charge is 0.416 e. The lowest BCUT2D eigenvalue weighted by Gasteiger charge is -2.36. The van der Waals surface area contributed by atoms with E-state index < -0.39 is 11.7 Å². The van der Waals surface area contributed by atoms with Crippen molar-refractivity contribution in [2.75, 3.05) is 37.7 Å². The number of halogens is 3. The maximum atomic E-state index is 12.9. The molecule has 0 aromatic heterocycles. The molecule has 30 heavy (non-hydrogen) atoms. The van der Waals surface area contributed by atoms with E-state index >= 15 is 0 Å². The van der Waals surface area contributed by atoms with E-state index in [1.165, 1.54) is 6.07 Å². The Hall–Kier alpha value is -3.22. The largest absolute Gasteiger partial charge is 0.484 e. The zero-order chi connectivity index (χ0) is 21.1. The Balaban J connectivity index is 1.32. The molecule has 1 aliphatic rings. The zero-order valence-electron chi connectivity index (χ0n) is 16.2. The van der Waals surface area contributed by atoms with E-state index in [-0.39, 0.29) is 12.5 Å². The van der Waals surface area contributed by atoms with Crippen LogP contribution in [0.5, 0.6) is 5.75 Å². The summed E-state index contributed by atoms with van der Waals surface area (Å²) in [7, 11) is 0. The predicted molar refractivity (Wildman–Crippen MR) is 110 cm³/mol. The van der Waals surface area contributed by atoms with Crippen LogP contribution in [0, 0.1) is 0 Å². The average molecular weight is 414 g/mol. The van der Waals surface area contributed by atoms with Crippen LogP contribution in [0.25, 0.3) is 10.8 Å². The molecule has 7 heteroatoms.